The summed E-state index contributed by atoms with van der Waals surface area (Å²) in [4.78, 5) is 0. The Balaban J connectivity index is 1.44. The molecule has 0 aliphatic heterocycles. The van der Waals surface area contributed by atoms with E-state index >= 15 is 0 Å². The molecule has 0 aromatic carbocycles. The summed E-state index contributed by atoms with van der Waals surface area (Å²) in [6, 6.07) is 2.20. The smallest absolute Gasteiger partial charge is 0.0220 e. The first-order valence-electron chi connectivity index (χ1n) is 6.64. The van der Waals surface area contributed by atoms with Crippen LogP contribution >= 0.6 is 0 Å². The summed E-state index contributed by atoms with van der Waals surface area (Å²) in [7, 11) is 2.08. The zero-order valence-electron chi connectivity index (χ0n) is 10.2. The van der Waals surface area contributed by atoms with E-state index in [0.29, 0.717) is 0 Å². The fourth-order valence-corrected chi connectivity index (χ4v) is 2.82. The molecule has 2 fully saturated rings. The Morgan fingerprint density at radius 1 is 1.31 bits per heavy atom. The van der Waals surface area contributed by atoms with Gasteiger partial charge in [0.25, 0.3) is 0 Å². The van der Waals surface area contributed by atoms with Crippen molar-refractivity contribution in [2.75, 3.05) is 6.54 Å². The van der Waals surface area contributed by atoms with Crippen molar-refractivity contribution in [3.8, 4) is 0 Å². The van der Waals surface area contributed by atoms with Crippen molar-refractivity contribution in [3.63, 3.8) is 0 Å². The molecule has 2 aliphatic carbocycles. The minimum absolute atomic E-state index is 0.990. The van der Waals surface area contributed by atoms with Gasteiger partial charge < -0.3 is 9.88 Å². The molecule has 0 amide bonds. The van der Waals surface area contributed by atoms with Crippen LogP contribution in [0, 0.1) is 17.8 Å². The van der Waals surface area contributed by atoms with Crippen LogP contribution in [-0.4, -0.2) is 11.1 Å². The third-order valence-electron chi connectivity index (χ3n) is 4.06. The largest absolute Gasteiger partial charge is 0.357 e. The van der Waals surface area contributed by atoms with Gasteiger partial charge in [-0.05, 0) is 61.6 Å². The van der Waals surface area contributed by atoms with Gasteiger partial charge in [0.2, 0.25) is 0 Å². The molecule has 2 aliphatic rings. The second-order valence-corrected chi connectivity index (χ2v) is 5.65. The third kappa shape index (κ3) is 2.49. The van der Waals surface area contributed by atoms with Gasteiger partial charge in [-0.1, -0.05) is 0 Å². The minimum Gasteiger partial charge on any atom is -0.357 e. The molecule has 0 spiro atoms. The summed E-state index contributed by atoms with van der Waals surface area (Å²) in [5.41, 5.74) is 1.41. The highest BCUT2D eigenvalue weighted by molar-refractivity contribution is 5.09. The highest BCUT2D eigenvalue weighted by Crippen LogP contribution is 2.48. The first-order chi connectivity index (χ1) is 7.83. The second kappa shape index (κ2) is 4.25. The quantitative estimate of drug-likeness (QED) is 0.776. The Hall–Kier alpha value is -0.760. The van der Waals surface area contributed by atoms with Gasteiger partial charge in [-0.2, -0.15) is 0 Å². The molecule has 1 N–H and O–H groups in total. The van der Waals surface area contributed by atoms with E-state index in [4.69, 9.17) is 0 Å². The Labute approximate surface area is 98.0 Å². The first-order valence-corrected chi connectivity index (χ1v) is 6.64. The lowest BCUT2D eigenvalue weighted by molar-refractivity contribution is 0.378. The molecule has 0 radical (unpaired) electrons. The van der Waals surface area contributed by atoms with Gasteiger partial charge in [-0.3, -0.25) is 0 Å². The van der Waals surface area contributed by atoms with Crippen molar-refractivity contribution in [2.24, 2.45) is 24.8 Å². The maximum absolute atomic E-state index is 3.64. The summed E-state index contributed by atoms with van der Waals surface area (Å²) in [6.07, 6.45) is 10.3. The van der Waals surface area contributed by atoms with E-state index in [9.17, 15) is 0 Å². The second-order valence-electron chi connectivity index (χ2n) is 5.65. The van der Waals surface area contributed by atoms with E-state index < -0.39 is 0 Å². The Bertz CT molecular complexity index is 335. The van der Waals surface area contributed by atoms with E-state index in [-0.39, 0.29) is 0 Å². The monoisotopic (exact) mass is 218 g/mol. The molecule has 0 unspecified atom stereocenters. The standard InChI is InChI=1S/C14H22N2/c1-16-7-6-11(10-16)8-15-9-14(12-2-3-12)13-4-5-13/h6-7,10,12-15H,2-5,8-9H2,1H3. The molecule has 16 heavy (non-hydrogen) atoms. The van der Waals surface area contributed by atoms with E-state index in [1.165, 1.54) is 37.8 Å². The zero-order valence-corrected chi connectivity index (χ0v) is 10.2. The lowest BCUT2D eigenvalue weighted by Crippen LogP contribution is -2.25. The van der Waals surface area contributed by atoms with Crippen molar-refractivity contribution in [1.82, 2.24) is 9.88 Å². The molecular weight excluding hydrogens is 196 g/mol. The van der Waals surface area contributed by atoms with Gasteiger partial charge in [0.15, 0.2) is 0 Å². The molecule has 1 heterocycles. The molecule has 2 nitrogen and oxygen atoms in total. The number of nitrogens with one attached hydrogen (secondary N) is 1. The predicted molar refractivity (Wildman–Crippen MR) is 66.1 cm³/mol. The molecule has 0 bridgehead atoms. The molecule has 1 aromatic heterocycles. The van der Waals surface area contributed by atoms with Crippen molar-refractivity contribution < 1.29 is 0 Å². The molecule has 2 saturated carbocycles. The average molecular weight is 218 g/mol. The van der Waals surface area contributed by atoms with Crippen molar-refractivity contribution in [3.05, 3.63) is 24.0 Å². The summed E-state index contributed by atoms with van der Waals surface area (Å²) < 4.78 is 2.12. The molecule has 0 atom stereocenters. The summed E-state index contributed by atoms with van der Waals surface area (Å²) in [5, 5.41) is 3.64. The normalized spacial score (nSPS) is 20.6. The van der Waals surface area contributed by atoms with Crippen molar-refractivity contribution in [1.29, 1.82) is 0 Å². The predicted octanol–water partition coefficient (Wildman–Crippen LogP) is 2.55. The Morgan fingerprint density at radius 3 is 2.50 bits per heavy atom. The van der Waals surface area contributed by atoms with Crippen LogP contribution in [0.2, 0.25) is 0 Å². The number of aryl methyl sites for hydroxylation is 1. The van der Waals surface area contributed by atoms with Gasteiger partial charge in [-0.25, -0.2) is 0 Å². The van der Waals surface area contributed by atoms with Gasteiger partial charge in [-0.15, -0.1) is 0 Å². The molecule has 3 rings (SSSR count). The van der Waals surface area contributed by atoms with Gasteiger partial charge in [0, 0.05) is 26.0 Å². The fourth-order valence-electron chi connectivity index (χ4n) is 2.82. The first kappa shape index (κ1) is 10.4. The van der Waals surface area contributed by atoms with Crippen LogP contribution < -0.4 is 5.32 Å². The van der Waals surface area contributed by atoms with Crippen LogP contribution in [-0.2, 0) is 13.6 Å². The van der Waals surface area contributed by atoms with E-state index in [2.05, 4.69) is 35.4 Å². The molecule has 88 valence electrons. The van der Waals surface area contributed by atoms with Crippen LogP contribution in [0.4, 0.5) is 0 Å². The van der Waals surface area contributed by atoms with Crippen LogP contribution in [0.5, 0.6) is 0 Å². The summed E-state index contributed by atoms with van der Waals surface area (Å²) >= 11 is 0. The highest BCUT2D eigenvalue weighted by atomic mass is 14.9. The van der Waals surface area contributed by atoms with Crippen LogP contribution in [0.1, 0.15) is 31.2 Å². The lowest BCUT2D eigenvalue weighted by Gasteiger charge is -2.15. The Morgan fingerprint density at radius 2 is 2.00 bits per heavy atom. The van der Waals surface area contributed by atoms with Crippen LogP contribution in [0.15, 0.2) is 18.5 Å². The molecule has 1 aromatic rings. The van der Waals surface area contributed by atoms with Crippen molar-refractivity contribution >= 4 is 0 Å². The number of rotatable bonds is 6. The molecule has 0 saturated heterocycles. The summed E-state index contributed by atoms with van der Waals surface area (Å²) in [6.45, 7) is 2.28. The minimum atomic E-state index is 0.990. The summed E-state index contributed by atoms with van der Waals surface area (Å²) in [5.74, 6) is 3.12. The topological polar surface area (TPSA) is 17.0 Å². The Kier molecular flexibility index (Phi) is 2.76. The fraction of sp³-hybridized carbons (Fsp3) is 0.714. The number of nitrogens with zero attached hydrogens (tertiary/aromatic N) is 1. The SMILES string of the molecule is Cn1ccc(CNCC(C2CC2)C2CC2)c1. The zero-order chi connectivity index (χ0) is 11.0. The van der Waals surface area contributed by atoms with Gasteiger partial charge >= 0.3 is 0 Å². The number of hydrogen-bond donors (Lipinski definition) is 1. The van der Waals surface area contributed by atoms with Gasteiger partial charge in [0.1, 0.15) is 0 Å². The van der Waals surface area contributed by atoms with E-state index in [1.807, 2.05) is 0 Å². The number of hydrogen-bond acceptors (Lipinski definition) is 1. The lowest BCUT2D eigenvalue weighted by atomic mass is 9.98. The maximum Gasteiger partial charge on any atom is 0.0220 e. The number of aromatic nitrogens is 1. The molecule has 2 heteroatoms. The molecular formula is C14H22N2. The van der Waals surface area contributed by atoms with Gasteiger partial charge in [0.05, 0.1) is 0 Å². The highest BCUT2D eigenvalue weighted by Gasteiger charge is 2.40. The van der Waals surface area contributed by atoms with Crippen molar-refractivity contribution in [2.45, 2.75) is 32.2 Å². The van der Waals surface area contributed by atoms with E-state index in [1.54, 1.807) is 0 Å². The maximum atomic E-state index is 3.64. The van der Waals surface area contributed by atoms with Crippen LogP contribution in [0.25, 0.3) is 0 Å². The third-order valence-corrected chi connectivity index (χ3v) is 4.06. The average Bonchev–Trinajstić information content (AvgIpc) is 3.15. The van der Waals surface area contributed by atoms with E-state index in [0.717, 1.165) is 24.3 Å². The van der Waals surface area contributed by atoms with Crippen LogP contribution in [0.3, 0.4) is 0 Å².